The van der Waals surface area contributed by atoms with Gasteiger partial charge in [0, 0.05) is 6.20 Å². The first kappa shape index (κ1) is 12.7. The number of nitrogens with one attached hydrogen (secondary N) is 1. The van der Waals surface area contributed by atoms with Crippen molar-refractivity contribution in [1.29, 1.82) is 0 Å². The van der Waals surface area contributed by atoms with E-state index in [0.717, 1.165) is 0 Å². The fourth-order valence-electron chi connectivity index (χ4n) is 1.19. The first-order chi connectivity index (χ1) is 8.06. The van der Waals surface area contributed by atoms with Gasteiger partial charge in [-0.3, -0.25) is 4.79 Å². The van der Waals surface area contributed by atoms with Crippen molar-refractivity contribution in [2.24, 2.45) is 0 Å². The van der Waals surface area contributed by atoms with Gasteiger partial charge in [0.25, 0.3) is 5.91 Å². The predicted octanol–water partition coefficient (Wildman–Crippen LogP) is 0.546. The molecule has 0 aliphatic carbocycles. The molecule has 17 heavy (non-hydrogen) atoms. The van der Waals surface area contributed by atoms with E-state index >= 15 is 0 Å². The van der Waals surface area contributed by atoms with E-state index in [0.29, 0.717) is 0 Å². The molecular formula is C11H12N2O4. The number of pyridine rings is 1. The predicted molar refractivity (Wildman–Crippen MR) is 59.6 cm³/mol. The second-order valence-electron chi connectivity index (χ2n) is 3.26. The zero-order valence-electron chi connectivity index (χ0n) is 8.96. The molecule has 90 valence electrons. The molecule has 1 aromatic rings. The van der Waals surface area contributed by atoms with Crippen molar-refractivity contribution in [3.05, 3.63) is 36.7 Å². The highest BCUT2D eigenvalue weighted by Gasteiger charge is 2.21. The Morgan fingerprint density at radius 2 is 2.29 bits per heavy atom. The van der Waals surface area contributed by atoms with Gasteiger partial charge in [-0.15, -0.1) is 6.58 Å². The number of carbonyl (C=O) groups excluding carboxylic acids is 1. The van der Waals surface area contributed by atoms with Crippen molar-refractivity contribution in [2.75, 3.05) is 0 Å². The molecule has 0 aliphatic rings. The number of amides is 1. The summed E-state index contributed by atoms with van der Waals surface area (Å²) >= 11 is 0. The monoisotopic (exact) mass is 236 g/mol. The molecule has 1 aromatic heterocycles. The minimum Gasteiger partial charge on any atom is -0.505 e. The lowest BCUT2D eigenvalue weighted by Gasteiger charge is -2.12. The minimum absolute atomic E-state index is 0.0919. The molecule has 0 aliphatic heterocycles. The van der Waals surface area contributed by atoms with E-state index < -0.39 is 17.9 Å². The lowest BCUT2D eigenvalue weighted by atomic mass is 10.2. The fraction of sp³-hybridized carbons (Fsp3) is 0.182. The Balaban J connectivity index is 2.81. The van der Waals surface area contributed by atoms with Crippen molar-refractivity contribution >= 4 is 11.9 Å². The third-order valence-electron chi connectivity index (χ3n) is 2.01. The Morgan fingerprint density at radius 3 is 2.82 bits per heavy atom. The number of hydrogen-bond donors (Lipinski definition) is 3. The summed E-state index contributed by atoms with van der Waals surface area (Å²) in [5, 5.41) is 20.4. The van der Waals surface area contributed by atoms with E-state index in [9.17, 15) is 14.7 Å². The SMILES string of the molecule is C=CCC(NC(=O)c1ncccc1O)C(=O)O. The highest BCUT2D eigenvalue weighted by atomic mass is 16.4. The van der Waals surface area contributed by atoms with E-state index in [1.807, 2.05) is 0 Å². The van der Waals surface area contributed by atoms with Crippen molar-refractivity contribution in [2.45, 2.75) is 12.5 Å². The molecule has 1 unspecified atom stereocenters. The molecule has 0 aromatic carbocycles. The summed E-state index contributed by atoms with van der Waals surface area (Å²) in [7, 11) is 0. The molecule has 0 bridgehead atoms. The summed E-state index contributed by atoms with van der Waals surface area (Å²) in [4.78, 5) is 26.1. The van der Waals surface area contributed by atoms with Crippen LogP contribution >= 0.6 is 0 Å². The number of aromatic hydroxyl groups is 1. The zero-order valence-corrected chi connectivity index (χ0v) is 8.96. The largest absolute Gasteiger partial charge is 0.505 e. The van der Waals surface area contributed by atoms with Gasteiger partial charge in [0.15, 0.2) is 5.69 Å². The van der Waals surface area contributed by atoms with E-state index in [2.05, 4.69) is 16.9 Å². The second-order valence-corrected chi connectivity index (χ2v) is 3.26. The van der Waals surface area contributed by atoms with Crippen LogP contribution in [0.1, 0.15) is 16.9 Å². The minimum atomic E-state index is -1.17. The molecule has 1 heterocycles. The maximum Gasteiger partial charge on any atom is 0.326 e. The molecule has 0 saturated carbocycles. The molecule has 1 atom stereocenters. The standard InChI is InChI=1S/C11H12N2O4/c1-2-4-7(11(16)17)13-10(15)9-8(14)5-3-6-12-9/h2-3,5-7,14H,1,4H2,(H,13,15)(H,16,17). The van der Waals surface area contributed by atoms with Gasteiger partial charge in [-0.05, 0) is 18.6 Å². The van der Waals surface area contributed by atoms with E-state index in [1.165, 1.54) is 24.4 Å². The molecule has 0 fully saturated rings. The molecular weight excluding hydrogens is 224 g/mol. The third kappa shape index (κ3) is 3.30. The summed E-state index contributed by atoms with van der Waals surface area (Å²) < 4.78 is 0. The number of rotatable bonds is 5. The fourth-order valence-corrected chi connectivity index (χ4v) is 1.19. The van der Waals surface area contributed by atoms with Crippen LogP contribution in [0.4, 0.5) is 0 Å². The van der Waals surface area contributed by atoms with Crippen LogP contribution < -0.4 is 5.32 Å². The summed E-state index contributed by atoms with van der Waals surface area (Å²) in [5.74, 6) is -2.21. The average molecular weight is 236 g/mol. The maximum atomic E-state index is 11.6. The van der Waals surface area contributed by atoms with Crippen LogP contribution in [0.5, 0.6) is 5.75 Å². The van der Waals surface area contributed by atoms with Gasteiger partial charge in [0.1, 0.15) is 11.8 Å². The van der Waals surface area contributed by atoms with E-state index in [-0.39, 0.29) is 17.9 Å². The summed E-state index contributed by atoms with van der Waals surface area (Å²) in [6.45, 7) is 3.40. The summed E-state index contributed by atoms with van der Waals surface area (Å²) in [6, 6.07) is 1.68. The Labute approximate surface area is 97.6 Å². The van der Waals surface area contributed by atoms with Gasteiger partial charge in [-0.25, -0.2) is 9.78 Å². The van der Waals surface area contributed by atoms with Crippen molar-refractivity contribution in [3.63, 3.8) is 0 Å². The first-order valence-electron chi connectivity index (χ1n) is 4.84. The molecule has 0 saturated heterocycles. The zero-order chi connectivity index (χ0) is 12.8. The maximum absolute atomic E-state index is 11.6. The van der Waals surface area contributed by atoms with Gasteiger partial charge >= 0.3 is 5.97 Å². The topological polar surface area (TPSA) is 99.5 Å². The van der Waals surface area contributed by atoms with Crippen molar-refractivity contribution in [1.82, 2.24) is 10.3 Å². The van der Waals surface area contributed by atoms with Crippen LogP contribution in [-0.4, -0.2) is 33.1 Å². The number of carboxylic acid groups (broad SMARTS) is 1. The van der Waals surface area contributed by atoms with Crippen LogP contribution in [-0.2, 0) is 4.79 Å². The summed E-state index contributed by atoms with van der Waals surface area (Å²) in [6.07, 6.45) is 2.81. The van der Waals surface area contributed by atoms with Gasteiger partial charge in [-0.1, -0.05) is 6.08 Å². The highest BCUT2D eigenvalue weighted by molar-refractivity contribution is 5.97. The van der Waals surface area contributed by atoms with Crippen LogP contribution in [0.2, 0.25) is 0 Å². The normalized spacial score (nSPS) is 11.5. The second kappa shape index (κ2) is 5.64. The number of aliphatic carboxylic acids is 1. The Bertz CT molecular complexity index is 445. The Morgan fingerprint density at radius 1 is 1.59 bits per heavy atom. The van der Waals surface area contributed by atoms with Gasteiger partial charge in [0.2, 0.25) is 0 Å². The molecule has 1 rings (SSSR count). The summed E-state index contributed by atoms with van der Waals surface area (Å²) in [5.41, 5.74) is -0.206. The van der Waals surface area contributed by atoms with Crippen molar-refractivity contribution in [3.8, 4) is 5.75 Å². The molecule has 0 spiro atoms. The number of carbonyl (C=O) groups is 2. The average Bonchev–Trinajstić information content (AvgIpc) is 2.28. The Kier molecular flexibility index (Phi) is 4.21. The van der Waals surface area contributed by atoms with Crippen molar-refractivity contribution < 1.29 is 19.8 Å². The Hall–Kier alpha value is -2.37. The van der Waals surface area contributed by atoms with Gasteiger partial charge in [0.05, 0.1) is 0 Å². The van der Waals surface area contributed by atoms with Crippen LogP contribution in [0, 0.1) is 0 Å². The number of hydrogen-bond acceptors (Lipinski definition) is 4. The quantitative estimate of drug-likeness (QED) is 0.648. The molecule has 6 nitrogen and oxygen atoms in total. The van der Waals surface area contributed by atoms with Crippen LogP contribution in [0.3, 0.4) is 0 Å². The van der Waals surface area contributed by atoms with E-state index in [4.69, 9.17) is 5.11 Å². The third-order valence-corrected chi connectivity index (χ3v) is 2.01. The molecule has 3 N–H and O–H groups in total. The molecule has 6 heteroatoms. The molecule has 1 amide bonds. The van der Waals surface area contributed by atoms with Gasteiger partial charge in [-0.2, -0.15) is 0 Å². The number of carboxylic acids is 1. The first-order valence-corrected chi connectivity index (χ1v) is 4.84. The smallest absolute Gasteiger partial charge is 0.326 e. The molecule has 0 radical (unpaired) electrons. The lowest BCUT2D eigenvalue weighted by Crippen LogP contribution is -2.40. The van der Waals surface area contributed by atoms with E-state index in [1.54, 1.807) is 0 Å². The van der Waals surface area contributed by atoms with Crippen LogP contribution in [0.15, 0.2) is 31.0 Å². The van der Waals surface area contributed by atoms with Crippen LogP contribution in [0.25, 0.3) is 0 Å². The number of aromatic nitrogens is 1. The highest BCUT2D eigenvalue weighted by Crippen LogP contribution is 2.12. The lowest BCUT2D eigenvalue weighted by molar-refractivity contribution is -0.139. The van der Waals surface area contributed by atoms with Gasteiger partial charge < -0.3 is 15.5 Å². The number of nitrogens with zero attached hydrogens (tertiary/aromatic N) is 1.